The molecule has 1 heterocycles. The third kappa shape index (κ3) is 2.11. The first kappa shape index (κ1) is 14.2. The van der Waals surface area contributed by atoms with Crippen molar-refractivity contribution in [1.82, 2.24) is 0 Å². The van der Waals surface area contributed by atoms with E-state index in [-0.39, 0.29) is 27.9 Å². The standard InChI is InChI=1S/C14H9ClFN3O3/c15-9-3-6(1-2-10(9)16)8-4-7(19(20)21)5-11-12(8)13(17)14(18)22-11/h1-5H,17-18H2. The molecule has 0 fully saturated rings. The number of non-ortho nitro benzene ring substituents is 1. The van der Waals surface area contributed by atoms with Crippen molar-refractivity contribution in [3.63, 3.8) is 0 Å². The molecule has 0 saturated carbocycles. The number of fused-ring (bicyclic) bond motifs is 1. The molecule has 2 aromatic carbocycles. The lowest BCUT2D eigenvalue weighted by molar-refractivity contribution is -0.384. The van der Waals surface area contributed by atoms with Gasteiger partial charge >= 0.3 is 0 Å². The Bertz CT molecular complexity index is 923. The molecule has 0 spiro atoms. The summed E-state index contributed by atoms with van der Waals surface area (Å²) < 4.78 is 18.6. The highest BCUT2D eigenvalue weighted by Crippen LogP contribution is 2.41. The molecule has 0 amide bonds. The summed E-state index contributed by atoms with van der Waals surface area (Å²) in [4.78, 5) is 10.5. The zero-order valence-corrected chi connectivity index (χ0v) is 11.7. The van der Waals surface area contributed by atoms with E-state index in [4.69, 9.17) is 27.5 Å². The van der Waals surface area contributed by atoms with Gasteiger partial charge in [0.15, 0.2) is 0 Å². The van der Waals surface area contributed by atoms with E-state index in [1.54, 1.807) is 0 Å². The average molecular weight is 322 g/mol. The number of furan rings is 1. The normalized spacial score (nSPS) is 11.0. The molecule has 6 nitrogen and oxygen atoms in total. The summed E-state index contributed by atoms with van der Waals surface area (Å²) in [5.41, 5.74) is 12.5. The van der Waals surface area contributed by atoms with Gasteiger partial charge in [-0.3, -0.25) is 10.1 Å². The van der Waals surface area contributed by atoms with E-state index in [1.807, 2.05) is 0 Å². The van der Waals surface area contributed by atoms with E-state index in [9.17, 15) is 14.5 Å². The van der Waals surface area contributed by atoms with Crippen LogP contribution in [0.25, 0.3) is 22.1 Å². The van der Waals surface area contributed by atoms with Crippen molar-refractivity contribution in [3.05, 3.63) is 51.3 Å². The zero-order chi connectivity index (χ0) is 16.0. The first-order valence-electron chi connectivity index (χ1n) is 6.10. The van der Waals surface area contributed by atoms with E-state index in [1.165, 1.54) is 30.3 Å². The number of nitrogen functional groups attached to an aromatic ring is 2. The molecule has 112 valence electrons. The van der Waals surface area contributed by atoms with Crippen LogP contribution in [0, 0.1) is 15.9 Å². The second-order valence-electron chi connectivity index (χ2n) is 4.63. The Hall–Kier alpha value is -2.80. The van der Waals surface area contributed by atoms with Crippen molar-refractivity contribution in [2.75, 3.05) is 11.5 Å². The fourth-order valence-electron chi connectivity index (χ4n) is 2.25. The van der Waals surface area contributed by atoms with Gasteiger partial charge in [-0.15, -0.1) is 0 Å². The fourth-order valence-corrected chi connectivity index (χ4v) is 2.43. The molecule has 0 atom stereocenters. The van der Waals surface area contributed by atoms with Crippen LogP contribution < -0.4 is 11.5 Å². The third-order valence-corrected chi connectivity index (χ3v) is 3.57. The lowest BCUT2D eigenvalue weighted by atomic mass is 10.00. The molecule has 22 heavy (non-hydrogen) atoms. The fraction of sp³-hybridized carbons (Fsp3) is 0. The highest BCUT2D eigenvalue weighted by Gasteiger charge is 2.20. The van der Waals surface area contributed by atoms with E-state index in [0.29, 0.717) is 16.5 Å². The number of nitrogens with two attached hydrogens (primary N) is 2. The first-order chi connectivity index (χ1) is 10.4. The monoisotopic (exact) mass is 321 g/mol. The Labute approximate surface area is 128 Å². The minimum atomic E-state index is -0.591. The summed E-state index contributed by atoms with van der Waals surface area (Å²) >= 11 is 5.77. The largest absolute Gasteiger partial charge is 0.438 e. The molecule has 4 N–H and O–H groups in total. The third-order valence-electron chi connectivity index (χ3n) is 3.28. The molecular weight excluding hydrogens is 313 g/mol. The maximum atomic E-state index is 13.3. The highest BCUT2D eigenvalue weighted by atomic mass is 35.5. The molecule has 0 radical (unpaired) electrons. The van der Waals surface area contributed by atoms with Crippen molar-refractivity contribution in [3.8, 4) is 11.1 Å². The molecule has 3 aromatic rings. The zero-order valence-electron chi connectivity index (χ0n) is 11.0. The number of hydrogen-bond acceptors (Lipinski definition) is 5. The number of hydrogen-bond donors (Lipinski definition) is 2. The van der Waals surface area contributed by atoms with E-state index >= 15 is 0 Å². The molecule has 3 rings (SSSR count). The number of nitro groups is 1. The van der Waals surface area contributed by atoms with Crippen molar-refractivity contribution in [2.45, 2.75) is 0 Å². The van der Waals surface area contributed by atoms with Crippen LogP contribution in [0.5, 0.6) is 0 Å². The molecule has 0 aliphatic carbocycles. The number of halogens is 2. The number of nitro benzene ring substituents is 1. The topological polar surface area (TPSA) is 108 Å². The van der Waals surface area contributed by atoms with Crippen molar-refractivity contribution < 1.29 is 13.7 Å². The van der Waals surface area contributed by atoms with E-state index in [2.05, 4.69) is 0 Å². The molecule has 0 aliphatic rings. The van der Waals surface area contributed by atoms with Crippen LogP contribution in [0.3, 0.4) is 0 Å². The molecule has 8 heteroatoms. The second kappa shape index (κ2) is 4.88. The van der Waals surface area contributed by atoms with E-state index in [0.717, 1.165) is 0 Å². The summed E-state index contributed by atoms with van der Waals surface area (Å²) in [6.07, 6.45) is 0. The summed E-state index contributed by atoms with van der Waals surface area (Å²) in [5, 5.41) is 11.4. The van der Waals surface area contributed by atoms with Gasteiger partial charge in [0.2, 0.25) is 5.88 Å². The lowest BCUT2D eigenvalue weighted by Gasteiger charge is -2.06. The summed E-state index contributed by atoms with van der Waals surface area (Å²) in [7, 11) is 0. The van der Waals surface area contributed by atoms with Crippen LogP contribution in [0.4, 0.5) is 21.6 Å². The summed E-state index contributed by atoms with van der Waals surface area (Å²) in [6, 6.07) is 6.52. The summed E-state index contributed by atoms with van der Waals surface area (Å²) in [6.45, 7) is 0. The number of nitrogens with zero attached hydrogens (tertiary/aromatic N) is 1. The second-order valence-corrected chi connectivity index (χ2v) is 5.04. The molecule has 0 aliphatic heterocycles. The van der Waals surface area contributed by atoms with Gasteiger partial charge < -0.3 is 15.9 Å². The van der Waals surface area contributed by atoms with Gasteiger partial charge in [-0.25, -0.2) is 4.39 Å². The number of anilines is 2. The van der Waals surface area contributed by atoms with Crippen LogP contribution in [0.1, 0.15) is 0 Å². The van der Waals surface area contributed by atoms with Crippen LogP contribution >= 0.6 is 11.6 Å². The SMILES string of the molecule is Nc1oc2cc([N+](=O)[O-])cc(-c3ccc(F)c(Cl)c3)c2c1N. The predicted octanol–water partition coefficient (Wildman–Crippen LogP) is 3.96. The van der Waals surface area contributed by atoms with Crippen molar-refractivity contribution in [2.24, 2.45) is 0 Å². The van der Waals surface area contributed by atoms with Gasteiger partial charge in [0.05, 0.1) is 21.4 Å². The van der Waals surface area contributed by atoms with Crippen molar-refractivity contribution >= 4 is 39.8 Å². The maximum Gasteiger partial charge on any atom is 0.273 e. The van der Waals surface area contributed by atoms with Crippen LogP contribution in [0.15, 0.2) is 34.7 Å². The lowest BCUT2D eigenvalue weighted by Crippen LogP contribution is -1.93. The van der Waals surface area contributed by atoms with E-state index < -0.39 is 10.7 Å². The highest BCUT2D eigenvalue weighted by molar-refractivity contribution is 6.31. The first-order valence-corrected chi connectivity index (χ1v) is 6.47. The Kier molecular flexibility index (Phi) is 3.14. The Morgan fingerprint density at radius 3 is 2.59 bits per heavy atom. The van der Waals surface area contributed by atoms with Gasteiger partial charge in [-0.2, -0.15) is 0 Å². The minimum absolute atomic E-state index is 0.0371. The smallest absolute Gasteiger partial charge is 0.273 e. The molecule has 0 bridgehead atoms. The average Bonchev–Trinajstić information content (AvgIpc) is 2.76. The quantitative estimate of drug-likeness (QED) is 0.548. The van der Waals surface area contributed by atoms with Crippen LogP contribution in [0.2, 0.25) is 5.02 Å². The number of benzene rings is 2. The van der Waals surface area contributed by atoms with Gasteiger partial charge in [-0.1, -0.05) is 17.7 Å². The Morgan fingerprint density at radius 2 is 1.95 bits per heavy atom. The van der Waals surface area contributed by atoms with Crippen LogP contribution in [-0.2, 0) is 0 Å². The van der Waals surface area contributed by atoms with Crippen LogP contribution in [-0.4, -0.2) is 4.92 Å². The minimum Gasteiger partial charge on any atom is -0.438 e. The molecule has 0 saturated heterocycles. The maximum absolute atomic E-state index is 13.3. The molecular formula is C14H9ClFN3O3. The van der Waals surface area contributed by atoms with Crippen molar-refractivity contribution in [1.29, 1.82) is 0 Å². The number of rotatable bonds is 2. The Morgan fingerprint density at radius 1 is 1.23 bits per heavy atom. The molecule has 1 aromatic heterocycles. The predicted molar refractivity (Wildman–Crippen MR) is 82.1 cm³/mol. The van der Waals surface area contributed by atoms with Gasteiger partial charge in [0.25, 0.3) is 5.69 Å². The van der Waals surface area contributed by atoms with Gasteiger partial charge in [-0.05, 0) is 17.7 Å². The van der Waals surface area contributed by atoms with Gasteiger partial charge in [0.1, 0.15) is 17.1 Å². The Balaban J connectivity index is 2.39. The summed E-state index contributed by atoms with van der Waals surface area (Å²) in [5.74, 6) is -0.628. The molecule has 0 unspecified atom stereocenters. The van der Waals surface area contributed by atoms with Gasteiger partial charge in [0, 0.05) is 11.6 Å².